The second-order valence-electron chi connectivity index (χ2n) is 4.83. The molecule has 0 aliphatic heterocycles. The maximum absolute atomic E-state index is 5.68. The average Bonchev–Trinajstić information content (AvgIpc) is 2.94. The zero-order chi connectivity index (χ0) is 14.9. The fourth-order valence-corrected chi connectivity index (χ4v) is 2.08. The standard InChI is InChI=1S/C15H22N4O2/c1-20-10-7-14-17-15(21-18-14)12-19(9-8-16)11-13-5-3-2-4-6-13/h2-6H,7-12,16H2,1H3. The highest BCUT2D eigenvalue weighted by Crippen LogP contribution is 2.08. The van der Waals surface area contributed by atoms with E-state index >= 15 is 0 Å². The lowest BCUT2D eigenvalue weighted by Gasteiger charge is -2.19. The number of hydrogen-bond acceptors (Lipinski definition) is 6. The number of aromatic nitrogens is 2. The molecule has 21 heavy (non-hydrogen) atoms. The van der Waals surface area contributed by atoms with Crippen LogP contribution in [0.25, 0.3) is 0 Å². The Kier molecular flexibility index (Phi) is 6.33. The van der Waals surface area contributed by atoms with Crippen molar-refractivity contribution in [3.05, 3.63) is 47.6 Å². The number of ether oxygens (including phenoxy) is 1. The molecular formula is C15H22N4O2. The molecule has 6 heteroatoms. The van der Waals surface area contributed by atoms with Gasteiger partial charge in [0.25, 0.3) is 0 Å². The van der Waals surface area contributed by atoms with Gasteiger partial charge in [0.2, 0.25) is 5.89 Å². The molecule has 6 nitrogen and oxygen atoms in total. The lowest BCUT2D eigenvalue weighted by atomic mass is 10.2. The first-order valence-corrected chi connectivity index (χ1v) is 7.08. The lowest BCUT2D eigenvalue weighted by Crippen LogP contribution is -2.28. The monoisotopic (exact) mass is 290 g/mol. The summed E-state index contributed by atoms with van der Waals surface area (Å²) in [6.45, 7) is 3.39. The van der Waals surface area contributed by atoms with E-state index in [2.05, 4.69) is 27.2 Å². The van der Waals surface area contributed by atoms with Gasteiger partial charge in [-0.2, -0.15) is 4.98 Å². The minimum atomic E-state index is 0.593. The SMILES string of the molecule is COCCc1noc(CN(CCN)Cc2ccccc2)n1. The van der Waals surface area contributed by atoms with Gasteiger partial charge in [-0.1, -0.05) is 35.5 Å². The summed E-state index contributed by atoms with van der Waals surface area (Å²) in [7, 11) is 1.66. The average molecular weight is 290 g/mol. The van der Waals surface area contributed by atoms with Gasteiger partial charge >= 0.3 is 0 Å². The molecule has 0 bridgehead atoms. The van der Waals surface area contributed by atoms with Crippen LogP contribution in [0.15, 0.2) is 34.9 Å². The van der Waals surface area contributed by atoms with Crippen LogP contribution >= 0.6 is 0 Å². The van der Waals surface area contributed by atoms with E-state index in [9.17, 15) is 0 Å². The Morgan fingerprint density at radius 2 is 2.05 bits per heavy atom. The molecule has 1 aromatic heterocycles. The van der Waals surface area contributed by atoms with Crippen molar-refractivity contribution in [2.24, 2.45) is 5.73 Å². The van der Waals surface area contributed by atoms with Gasteiger partial charge in [0.1, 0.15) is 0 Å². The van der Waals surface area contributed by atoms with E-state index in [1.165, 1.54) is 5.56 Å². The Bertz CT molecular complexity index is 515. The maximum Gasteiger partial charge on any atom is 0.240 e. The van der Waals surface area contributed by atoms with Crippen LogP contribution in [0.3, 0.4) is 0 Å². The molecule has 2 N–H and O–H groups in total. The zero-order valence-electron chi connectivity index (χ0n) is 12.4. The third-order valence-corrected chi connectivity index (χ3v) is 3.09. The van der Waals surface area contributed by atoms with Gasteiger partial charge in [0, 0.05) is 33.2 Å². The molecule has 0 saturated carbocycles. The summed E-state index contributed by atoms with van der Waals surface area (Å²) in [5.74, 6) is 1.30. The third-order valence-electron chi connectivity index (χ3n) is 3.09. The maximum atomic E-state index is 5.68. The van der Waals surface area contributed by atoms with Gasteiger partial charge in [-0.05, 0) is 5.56 Å². The molecule has 0 aliphatic carbocycles. The molecule has 1 aromatic carbocycles. The highest BCUT2D eigenvalue weighted by atomic mass is 16.5. The summed E-state index contributed by atoms with van der Waals surface area (Å²) < 4.78 is 10.3. The molecule has 0 aliphatic rings. The van der Waals surface area contributed by atoms with Gasteiger partial charge in [-0.3, -0.25) is 4.90 Å². The smallest absolute Gasteiger partial charge is 0.240 e. The number of nitrogens with two attached hydrogens (primary N) is 1. The van der Waals surface area contributed by atoms with Crippen LogP contribution in [0.5, 0.6) is 0 Å². The van der Waals surface area contributed by atoms with Crippen molar-refractivity contribution in [3.63, 3.8) is 0 Å². The van der Waals surface area contributed by atoms with Gasteiger partial charge < -0.3 is 15.0 Å². The summed E-state index contributed by atoms with van der Waals surface area (Å²) in [6.07, 6.45) is 0.662. The number of methoxy groups -OCH3 is 1. The summed E-state index contributed by atoms with van der Waals surface area (Å²) in [6, 6.07) is 10.3. The fraction of sp³-hybridized carbons (Fsp3) is 0.467. The predicted molar refractivity (Wildman–Crippen MR) is 79.5 cm³/mol. The van der Waals surface area contributed by atoms with Gasteiger partial charge in [0.15, 0.2) is 5.82 Å². The molecule has 0 radical (unpaired) electrons. The second kappa shape index (κ2) is 8.51. The Hall–Kier alpha value is -1.76. The number of rotatable bonds is 9. The summed E-state index contributed by atoms with van der Waals surface area (Å²) >= 11 is 0. The van der Waals surface area contributed by atoms with Crippen molar-refractivity contribution in [2.45, 2.75) is 19.5 Å². The molecule has 0 unspecified atom stereocenters. The van der Waals surface area contributed by atoms with Crippen LogP contribution < -0.4 is 5.73 Å². The molecular weight excluding hydrogens is 268 g/mol. The first-order valence-electron chi connectivity index (χ1n) is 7.08. The molecule has 1 heterocycles. The van der Waals surface area contributed by atoms with Crippen molar-refractivity contribution in [1.29, 1.82) is 0 Å². The first kappa shape index (κ1) is 15.6. The van der Waals surface area contributed by atoms with Gasteiger partial charge in [-0.15, -0.1) is 0 Å². The van der Waals surface area contributed by atoms with E-state index in [0.717, 1.165) is 13.1 Å². The number of nitrogens with zero attached hydrogens (tertiary/aromatic N) is 3. The molecule has 0 saturated heterocycles. The van der Waals surface area contributed by atoms with E-state index in [1.54, 1.807) is 7.11 Å². The van der Waals surface area contributed by atoms with Crippen LogP contribution in [0.1, 0.15) is 17.3 Å². The highest BCUT2D eigenvalue weighted by Gasteiger charge is 2.12. The molecule has 2 rings (SSSR count). The Labute approximate surface area is 124 Å². The summed E-state index contributed by atoms with van der Waals surface area (Å²) in [5, 5.41) is 3.95. The molecule has 0 spiro atoms. The molecule has 114 valence electrons. The van der Waals surface area contributed by atoms with Crippen molar-refractivity contribution >= 4 is 0 Å². The largest absolute Gasteiger partial charge is 0.384 e. The van der Waals surface area contributed by atoms with Crippen molar-refractivity contribution in [1.82, 2.24) is 15.0 Å². The predicted octanol–water partition coefficient (Wildman–Crippen LogP) is 1.22. The minimum Gasteiger partial charge on any atom is -0.384 e. The number of hydrogen-bond donors (Lipinski definition) is 1. The van der Waals surface area contributed by atoms with Crippen LogP contribution in [-0.2, 0) is 24.2 Å². The normalized spacial score (nSPS) is 11.2. The highest BCUT2D eigenvalue weighted by molar-refractivity contribution is 5.14. The van der Waals surface area contributed by atoms with Crippen LogP contribution in [0.2, 0.25) is 0 Å². The molecule has 0 atom stereocenters. The third kappa shape index (κ3) is 5.26. The van der Waals surface area contributed by atoms with Crippen molar-refractivity contribution in [2.75, 3.05) is 26.8 Å². The summed E-state index contributed by atoms with van der Waals surface area (Å²) in [5.41, 5.74) is 6.92. The topological polar surface area (TPSA) is 77.4 Å². The van der Waals surface area contributed by atoms with E-state index in [-0.39, 0.29) is 0 Å². The summed E-state index contributed by atoms with van der Waals surface area (Å²) in [4.78, 5) is 6.57. The number of benzene rings is 1. The van der Waals surface area contributed by atoms with E-state index < -0.39 is 0 Å². The van der Waals surface area contributed by atoms with E-state index in [1.807, 2.05) is 18.2 Å². The Balaban J connectivity index is 1.94. The van der Waals surface area contributed by atoms with Gasteiger partial charge in [0.05, 0.1) is 13.2 Å². The first-order chi connectivity index (χ1) is 10.3. The van der Waals surface area contributed by atoms with Crippen molar-refractivity contribution in [3.8, 4) is 0 Å². The van der Waals surface area contributed by atoms with E-state index in [4.69, 9.17) is 15.0 Å². The Morgan fingerprint density at radius 3 is 2.76 bits per heavy atom. The second-order valence-corrected chi connectivity index (χ2v) is 4.83. The quantitative estimate of drug-likeness (QED) is 0.748. The molecule has 2 aromatic rings. The van der Waals surface area contributed by atoms with Crippen LogP contribution in [0, 0.1) is 0 Å². The molecule has 0 amide bonds. The zero-order valence-corrected chi connectivity index (χ0v) is 12.4. The molecule has 0 fully saturated rings. The van der Waals surface area contributed by atoms with Gasteiger partial charge in [-0.25, -0.2) is 0 Å². The van der Waals surface area contributed by atoms with Crippen LogP contribution in [0.4, 0.5) is 0 Å². The van der Waals surface area contributed by atoms with E-state index in [0.29, 0.717) is 37.8 Å². The van der Waals surface area contributed by atoms with Crippen LogP contribution in [-0.4, -0.2) is 41.8 Å². The minimum absolute atomic E-state index is 0.593. The Morgan fingerprint density at radius 1 is 1.24 bits per heavy atom. The van der Waals surface area contributed by atoms with Crippen molar-refractivity contribution < 1.29 is 9.26 Å². The fourth-order valence-electron chi connectivity index (χ4n) is 2.08. The lowest BCUT2D eigenvalue weighted by molar-refractivity contribution is 0.199.